The van der Waals surface area contributed by atoms with E-state index in [0.717, 1.165) is 24.5 Å². The summed E-state index contributed by atoms with van der Waals surface area (Å²) in [4.78, 5) is 0. The van der Waals surface area contributed by atoms with Crippen molar-refractivity contribution in [3.63, 3.8) is 0 Å². The van der Waals surface area contributed by atoms with Gasteiger partial charge in [0.2, 0.25) is 0 Å². The van der Waals surface area contributed by atoms with E-state index >= 15 is 0 Å². The molecule has 0 aromatic heterocycles. The molecule has 3 aliphatic rings. The Morgan fingerprint density at radius 1 is 1.22 bits per heavy atom. The predicted octanol–water partition coefficient (Wildman–Crippen LogP) is 4.69. The van der Waals surface area contributed by atoms with Crippen LogP contribution in [0, 0.1) is 17.3 Å². The van der Waals surface area contributed by atoms with Gasteiger partial charge in [0.15, 0.2) is 0 Å². The molecule has 0 heterocycles. The summed E-state index contributed by atoms with van der Waals surface area (Å²) < 4.78 is 5.41. The van der Waals surface area contributed by atoms with E-state index < -0.39 is 5.60 Å². The Morgan fingerprint density at radius 3 is 2.78 bits per heavy atom. The summed E-state index contributed by atoms with van der Waals surface area (Å²) in [6.45, 7) is 4.55. The summed E-state index contributed by atoms with van der Waals surface area (Å²) in [5.41, 5.74) is 2.77. The van der Waals surface area contributed by atoms with Crippen LogP contribution in [0.3, 0.4) is 0 Å². The third kappa shape index (κ3) is 2.03. The Morgan fingerprint density at radius 2 is 2.04 bits per heavy atom. The lowest BCUT2D eigenvalue weighted by atomic mass is 9.53. The molecule has 0 saturated heterocycles. The number of fused-ring (bicyclic) bond motifs is 5. The van der Waals surface area contributed by atoms with Crippen LogP contribution >= 0.6 is 0 Å². The first-order valence-electron chi connectivity index (χ1n) is 9.41. The summed E-state index contributed by atoms with van der Waals surface area (Å²) in [5.74, 6) is 3.14. The number of aliphatic hydroxyl groups is 1. The lowest BCUT2D eigenvalue weighted by Gasteiger charge is -2.53. The van der Waals surface area contributed by atoms with Gasteiger partial charge in [0.05, 0.1) is 12.7 Å². The minimum absolute atomic E-state index is 0.132. The normalized spacial score (nSPS) is 41.8. The monoisotopic (exact) mass is 314 g/mol. The van der Waals surface area contributed by atoms with Crippen molar-refractivity contribution in [3.05, 3.63) is 29.3 Å². The summed E-state index contributed by atoms with van der Waals surface area (Å²) in [6, 6.07) is 6.69. The third-order valence-corrected chi connectivity index (χ3v) is 7.84. The van der Waals surface area contributed by atoms with E-state index in [-0.39, 0.29) is 5.41 Å². The highest BCUT2D eigenvalue weighted by atomic mass is 16.5. The number of ether oxygens (including phenoxy) is 1. The average Bonchev–Trinajstić information content (AvgIpc) is 2.86. The first-order chi connectivity index (χ1) is 11.0. The minimum Gasteiger partial charge on any atom is -0.497 e. The van der Waals surface area contributed by atoms with Gasteiger partial charge in [-0.05, 0) is 91.4 Å². The Labute approximate surface area is 140 Å². The molecule has 5 atom stereocenters. The zero-order valence-corrected chi connectivity index (χ0v) is 14.8. The molecule has 0 bridgehead atoms. The van der Waals surface area contributed by atoms with Crippen molar-refractivity contribution >= 4 is 0 Å². The van der Waals surface area contributed by atoms with E-state index in [0.29, 0.717) is 11.8 Å². The molecule has 2 saturated carbocycles. The quantitative estimate of drug-likeness (QED) is 0.858. The van der Waals surface area contributed by atoms with Crippen LogP contribution in [0.25, 0.3) is 0 Å². The number of methoxy groups -OCH3 is 1. The number of rotatable bonds is 2. The SMILES string of the molecule is CC[C@]1(O)CC[C@@H]2[C@H]3CCc4cc(OC)ccc4[C@H]3CC[C@@]21C. The molecule has 0 amide bonds. The van der Waals surface area contributed by atoms with Crippen molar-refractivity contribution in [1.29, 1.82) is 0 Å². The molecule has 1 N–H and O–H groups in total. The molecule has 126 valence electrons. The van der Waals surface area contributed by atoms with Gasteiger partial charge in [-0.3, -0.25) is 0 Å². The van der Waals surface area contributed by atoms with Gasteiger partial charge in [-0.1, -0.05) is 19.9 Å². The molecule has 0 radical (unpaired) electrons. The maximum atomic E-state index is 11.2. The maximum Gasteiger partial charge on any atom is 0.119 e. The third-order valence-electron chi connectivity index (χ3n) is 7.84. The summed E-state index contributed by atoms with van der Waals surface area (Å²) in [5, 5.41) is 11.2. The van der Waals surface area contributed by atoms with Gasteiger partial charge in [-0.15, -0.1) is 0 Å². The van der Waals surface area contributed by atoms with E-state index in [2.05, 4.69) is 32.0 Å². The maximum absolute atomic E-state index is 11.2. The Balaban J connectivity index is 1.68. The van der Waals surface area contributed by atoms with Gasteiger partial charge >= 0.3 is 0 Å². The largest absolute Gasteiger partial charge is 0.497 e. The number of aryl methyl sites for hydroxylation is 1. The van der Waals surface area contributed by atoms with Crippen LogP contribution in [-0.2, 0) is 6.42 Å². The van der Waals surface area contributed by atoms with Crippen molar-refractivity contribution in [2.24, 2.45) is 17.3 Å². The van der Waals surface area contributed by atoms with Crippen LogP contribution < -0.4 is 4.74 Å². The summed E-state index contributed by atoms with van der Waals surface area (Å²) >= 11 is 0. The zero-order valence-electron chi connectivity index (χ0n) is 14.8. The van der Waals surface area contributed by atoms with Crippen LogP contribution in [0.4, 0.5) is 0 Å². The molecule has 3 aliphatic carbocycles. The molecular weight excluding hydrogens is 284 g/mol. The van der Waals surface area contributed by atoms with Gasteiger partial charge in [0.25, 0.3) is 0 Å². The molecule has 1 aromatic rings. The second-order valence-corrected chi connectivity index (χ2v) is 8.36. The van der Waals surface area contributed by atoms with Gasteiger partial charge in [-0.25, -0.2) is 0 Å². The smallest absolute Gasteiger partial charge is 0.119 e. The fraction of sp³-hybridized carbons (Fsp3) is 0.714. The second-order valence-electron chi connectivity index (χ2n) is 8.36. The van der Waals surface area contributed by atoms with E-state index in [4.69, 9.17) is 4.74 Å². The van der Waals surface area contributed by atoms with Crippen molar-refractivity contribution in [2.75, 3.05) is 7.11 Å². The van der Waals surface area contributed by atoms with E-state index in [1.54, 1.807) is 12.7 Å². The predicted molar refractivity (Wildman–Crippen MR) is 92.9 cm³/mol. The first-order valence-corrected chi connectivity index (χ1v) is 9.41. The molecule has 1 aromatic carbocycles. The second kappa shape index (κ2) is 5.24. The number of hydrogen-bond donors (Lipinski definition) is 1. The van der Waals surface area contributed by atoms with Crippen LogP contribution in [0.1, 0.15) is 69.4 Å². The molecule has 2 fully saturated rings. The lowest BCUT2D eigenvalue weighted by molar-refractivity contribution is -0.104. The fourth-order valence-corrected chi connectivity index (χ4v) is 6.38. The van der Waals surface area contributed by atoms with Gasteiger partial charge in [-0.2, -0.15) is 0 Å². The highest BCUT2D eigenvalue weighted by Gasteiger charge is 2.60. The van der Waals surface area contributed by atoms with Crippen LogP contribution in [0.2, 0.25) is 0 Å². The molecular formula is C21H30O2. The minimum atomic E-state index is -0.428. The van der Waals surface area contributed by atoms with Crippen molar-refractivity contribution in [1.82, 2.24) is 0 Å². The molecule has 0 aliphatic heterocycles. The molecule has 4 rings (SSSR count). The molecule has 0 spiro atoms. The van der Waals surface area contributed by atoms with Gasteiger partial charge in [0, 0.05) is 0 Å². The number of hydrogen-bond acceptors (Lipinski definition) is 2. The van der Waals surface area contributed by atoms with Crippen molar-refractivity contribution < 1.29 is 9.84 Å². The van der Waals surface area contributed by atoms with Crippen molar-refractivity contribution in [3.8, 4) is 5.75 Å². The van der Waals surface area contributed by atoms with E-state index in [1.807, 2.05) is 0 Å². The Bertz CT molecular complexity index is 610. The Hall–Kier alpha value is -1.02. The van der Waals surface area contributed by atoms with Crippen molar-refractivity contribution in [2.45, 2.75) is 70.3 Å². The molecule has 0 unspecified atom stereocenters. The fourth-order valence-electron chi connectivity index (χ4n) is 6.38. The first kappa shape index (κ1) is 15.5. The highest BCUT2D eigenvalue weighted by Crippen LogP contribution is 2.64. The molecule has 23 heavy (non-hydrogen) atoms. The van der Waals surface area contributed by atoms with Gasteiger partial charge < -0.3 is 9.84 Å². The average molecular weight is 314 g/mol. The number of benzene rings is 1. The van der Waals surface area contributed by atoms with E-state index in [1.165, 1.54) is 37.7 Å². The van der Waals surface area contributed by atoms with E-state index in [9.17, 15) is 5.11 Å². The summed E-state index contributed by atoms with van der Waals surface area (Å²) in [6.07, 6.45) is 7.99. The zero-order chi connectivity index (χ0) is 16.2. The molecule has 2 heteroatoms. The molecule has 2 nitrogen and oxygen atoms in total. The topological polar surface area (TPSA) is 29.5 Å². The highest BCUT2D eigenvalue weighted by molar-refractivity contribution is 5.40. The van der Waals surface area contributed by atoms with Crippen LogP contribution in [-0.4, -0.2) is 17.8 Å². The Kier molecular flexibility index (Phi) is 3.53. The van der Waals surface area contributed by atoms with Crippen LogP contribution in [0.15, 0.2) is 18.2 Å². The summed E-state index contributed by atoms with van der Waals surface area (Å²) in [7, 11) is 1.75. The van der Waals surface area contributed by atoms with Crippen LogP contribution in [0.5, 0.6) is 5.75 Å². The van der Waals surface area contributed by atoms with Gasteiger partial charge in [0.1, 0.15) is 5.75 Å². The standard InChI is InChI=1S/C21H30O2/c1-4-21(22)12-10-19-18-7-5-14-13-15(23-3)6-8-16(14)17(18)9-11-20(19,21)2/h6,8,13,17-19,22H,4-5,7,9-12H2,1-3H3/t17-,18+,19-,20+,21+/m1/s1. The lowest BCUT2D eigenvalue weighted by Crippen LogP contribution is -2.50.